The summed E-state index contributed by atoms with van der Waals surface area (Å²) >= 11 is 0. The molecular weight excluding hydrogens is 326 g/mol. The quantitative estimate of drug-likeness (QED) is 0.649. The highest BCUT2D eigenvalue weighted by Gasteiger charge is 2.41. The molecule has 0 radical (unpaired) electrons. The van der Waals surface area contributed by atoms with E-state index in [2.05, 4.69) is 6.58 Å². The molecule has 0 bridgehead atoms. The van der Waals surface area contributed by atoms with Gasteiger partial charge >= 0.3 is 6.09 Å². The molecule has 26 heavy (non-hydrogen) atoms. The highest BCUT2D eigenvalue weighted by atomic mass is 16.6. The fraction of sp³-hybridized carbons (Fsp3) is 0.545. The van der Waals surface area contributed by atoms with Gasteiger partial charge in [0.1, 0.15) is 11.4 Å². The van der Waals surface area contributed by atoms with Crippen LogP contribution in [0.25, 0.3) is 0 Å². The normalized spacial score (nSPS) is 15.7. The van der Waals surface area contributed by atoms with Crippen LogP contribution in [0.4, 0.5) is 4.79 Å². The molecule has 4 heteroatoms. The topological polar surface area (TPSA) is 46.6 Å². The monoisotopic (exact) mass is 357 g/mol. The van der Waals surface area contributed by atoms with Crippen LogP contribution in [0, 0.1) is 5.41 Å². The third-order valence-corrected chi connectivity index (χ3v) is 5.13. The van der Waals surface area contributed by atoms with Crippen molar-refractivity contribution in [1.29, 1.82) is 0 Å². The second kappa shape index (κ2) is 8.07. The summed E-state index contributed by atoms with van der Waals surface area (Å²) < 4.78 is 5.57. The van der Waals surface area contributed by atoms with Crippen molar-refractivity contribution < 1.29 is 14.3 Å². The Balaban J connectivity index is 2.10. The van der Waals surface area contributed by atoms with E-state index in [1.165, 1.54) is 0 Å². The molecule has 0 spiro atoms. The number of hydrogen-bond donors (Lipinski definition) is 0. The highest BCUT2D eigenvalue weighted by Crippen LogP contribution is 2.46. The molecule has 2 rings (SSSR count). The van der Waals surface area contributed by atoms with E-state index >= 15 is 0 Å². The summed E-state index contributed by atoms with van der Waals surface area (Å²) in [6.07, 6.45) is 3.96. The molecule has 1 aliphatic rings. The van der Waals surface area contributed by atoms with E-state index in [1.54, 1.807) is 11.8 Å². The van der Waals surface area contributed by atoms with Gasteiger partial charge in [-0.3, -0.25) is 9.69 Å². The van der Waals surface area contributed by atoms with E-state index in [9.17, 15) is 9.59 Å². The molecule has 1 fully saturated rings. The minimum atomic E-state index is -0.569. The molecule has 0 aliphatic heterocycles. The first-order chi connectivity index (χ1) is 12.1. The molecule has 1 saturated carbocycles. The Morgan fingerprint density at radius 3 is 2.27 bits per heavy atom. The number of amides is 1. The molecule has 0 saturated heterocycles. The van der Waals surface area contributed by atoms with Crippen molar-refractivity contribution in [2.45, 2.75) is 71.9 Å². The second-order valence-electron chi connectivity index (χ2n) is 8.31. The molecular formula is C22H31NO3. The van der Waals surface area contributed by atoms with Gasteiger partial charge in [-0.05, 0) is 58.9 Å². The fourth-order valence-corrected chi connectivity index (χ4v) is 3.29. The summed E-state index contributed by atoms with van der Waals surface area (Å²) in [5.74, 6) is 0.253. The first-order valence-electron chi connectivity index (χ1n) is 9.36. The third-order valence-electron chi connectivity index (χ3n) is 5.13. The second-order valence-corrected chi connectivity index (χ2v) is 8.31. The van der Waals surface area contributed by atoms with Gasteiger partial charge in [-0.15, -0.1) is 0 Å². The van der Waals surface area contributed by atoms with Gasteiger partial charge in [0.25, 0.3) is 0 Å². The molecule has 1 aliphatic carbocycles. The van der Waals surface area contributed by atoms with Crippen LogP contribution in [0.3, 0.4) is 0 Å². The maximum absolute atomic E-state index is 12.7. The number of Topliss-reactive ketones (excluding diaryl/α,β-unsaturated/α-hetero) is 1. The van der Waals surface area contributed by atoms with Crippen molar-refractivity contribution >= 4 is 11.9 Å². The first kappa shape index (κ1) is 20.2. The van der Waals surface area contributed by atoms with E-state index in [0.717, 1.165) is 31.2 Å². The van der Waals surface area contributed by atoms with Crippen molar-refractivity contribution in [3.63, 3.8) is 0 Å². The van der Waals surface area contributed by atoms with Gasteiger partial charge in [0.05, 0.1) is 6.54 Å². The Bertz CT molecular complexity index is 654. The average molecular weight is 357 g/mol. The smallest absolute Gasteiger partial charge is 0.414 e. The van der Waals surface area contributed by atoms with Crippen LogP contribution >= 0.6 is 0 Å². The Kier molecular flexibility index (Phi) is 6.27. The Hall–Kier alpha value is -2.10. The predicted octanol–water partition coefficient (Wildman–Crippen LogP) is 5.48. The Morgan fingerprint density at radius 1 is 1.19 bits per heavy atom. The average Bonchev–Trinajstić information content (AvgIpc) is 2.50. The summed E-state index contributed by atoms with van der Waals surface area (Å²) in [5, 5.41) is 0. The summed E-state index contributed by atoms with van der Waals surface area (Å²) in [7, 11) is 0. The zero-order valence-corrected chi connectivity index (χ0v) is 16.5. The minimum absolute atomic E-state index is 0.213. The molecule has 0 aromatic heterocycles. The van der Waals surface area contributed by atoms with E-state index in [1.807, 2.05) is 51.1 Å². The van der Waals surface area contributed by atoms with Crippen LogP contribution in [0.2, 0.25) is 0 Å². The number of carbonyl (C=O) groups excluding carboxylic acids is 2. The van der Waals surface area contributed by atoms with Gasteiger partial charge in [-0.25, -0.2) is 4.79 Å². The van der Waals surface area contributed by atoms with Gasteiger partial charge < -0.3 is 4.74 Å². The van der Waals surface area contributed by atoms with Gasteiger partial charge in [-0.1, -0.05) is 43.3 Å². The van der Waals surface area contributed by atoms with Gasteiger partial charge in [0.2, 0.25) is 0 Å². The molecule has 0 heterocycles. The lowest BCUT2D eigenvalue weighted by Crippen LogP contribution is -2.38. The molecule has 1 aromatic rings. The van der Waals surface area contributed by atoms with E-state index in [-0.39, 0.29) is 11.2 Å². The van der Waals surface area contributed by atoms with Crippen LogP contribution in [-0.4, -0.2) is 22.4 Å². The van der Waals surface area contributed by atoms with Crippen LogP contribution in [0.5, 0.6) is 0 Å². The highest BCUT2D eigenvalue weighted by molar-refractivity contribution is 5.83. The zero-order chi connectivity index (χ0) is 19.4. The molecule has 1 amide bonds. The number of allylic oxidation sites excluding steroid dienone is 1. The van der Waals surface area contributed by atoms with Crippen molar-refractivity contribution in [2.75, 3.05) is 0 Å². The maximum atomic E-state index is 12.7. The number of carbonyl (C=O) groups is 2. The number of ketones is 1. The van der Waals surface area contributed by atoms with E-state index in [4.69, 9.17) is 4.74 Å². The summed E-state index contributed by atoms with van der Waals surface area (Å²) in [6, 6.07) is 9.81. The minimum Gasteiger partial charge on any atom is -0.443 e. The molecule has 4 nitrogen and oxygen atoms in total. The molecule has 1 aromatic carbocycles. The first-order valence-corrected chi connectivity index (χ1v) is 9.36. The van der Waals surface area contributed by atoms with E-state index < -0.39 is 11.7 Å². The Morgan fingerprint density at radius 2 is 1.81 bits per heavy atom. The van der Waals surface area contributed by atoms with Gasteiger partial charge in [-0.2, -0.15) is 0 Å². The van der Waals surface area contributed by atoms with E-state index in [0.29, 0.717) is 18.7 Å². The number of hydrogen-bond acceptors (Lipinski definition) is 3. The number of rotatable bonds is 7. The molecule has 142 valence electrons. The zero-order valence-electron chi connectivity index (χ0n) is 16.5. The van der Waals surface area contributed by atoms with Crippen LogP contribution in [0.1, 0.15) is 65.4 Å². The van der Waals surface area contributed by atoms with Crippen molar-refractivity contribution in [3.05, 3.63) is 48.2 Å². The van der Waals surface area contributed by atoms with Gasteiger partial charge in [0, 0.05) is 11.1 Å². The standard InChI is InChI=1S/C22H31NO3/c1-17(12-15-22(18(2)24)13-9-14-22)23(20(25)26-21(3,4)5)16-19-10-7-6-8-11-19/h6-8,10-11H,1,9,12-16H2,2-5H3. The lowest BCUT2D eigenvalue weighted by atomic mass is 9.63. The number of nitrogens with zero attached hydrogens (tertiary/aromatic N) is 1. The summed E-state index contributed by atoms with van der Waals surface area (Å²) in [6.45, 7) is 11.8. The summed E-state index contributed by atoms with van der Waals surface area (Å²) in [5.41, 5.74) is 0.941. The Labute approximate surface area is 157 Å². The fourth-order valence-electron chi connectivity index (χ4n) is 3.29. The van der Waals surface area contributed by atoms with Crippen LogP contribution in [-0.2, 0) is 16.1 Å². The summed E-state index contributed by atoms with van der Waals surface area (Å²) in [4.78, 5) is 26.3. The third kappa shape index (κ3) is 5.20. The van der Waals surface area contributed by atoms with Crippen LogP contribution < -0.4 is 0 Å². The SMILES string of the molecule is C=C(CCC1(C(C)=O)CCC1)N(Cc1ccccc1)C(=O)OC(C)(C)C. The molecule has 0 N–H and O–H groups in total. The largest absolute Gasteiger partial charge is 0.443 e. The number of benzene rings is 1. The molecule has 0 atom stereocenters. The predicted molar refractivity (Wildman–Crippen MR) is 104 cm³/mol. The molecule has 0 unspecified atom stereocenters. The van der Waals surface area contributed by atoms with Crippen molar-refractivity contribution in [3.8, 4) is 0 Å². The van der Waals surface area contributed by atoms with Crippen LogP contribution in [0.15, 0.2) is 42.6 Å². The van der Waals surface area contributed by atoms with Gasteiger partial charge in [0.15, 0.2) is 0 Å². The lowest BCUT2D eigenvalue weighted by molar-refractivity contribution is -0.131. The number of ether oxygens (including phenoxy) is 1. The lowest BCUT2D eigenvalue weighted by Gasteiger charge is -2.40. The maximum Gasteiger partial charge on any atom is 0.414 e. The van der Waals surface area contributed by atoms with Crippen molar-refractivity contribution in [1.82, 2.24) is 4.90 Å². The van der Waals surface area contributed by atoms with Crippen molar-refractivity contribution in [2.24, 2.45) is 5.41 Å².